The number of alkyl halides is 2. The van der Waals surface area contributed by atoms with Gasteiger partial charge in [0.2, 0.25) is 0 Å². The molecule has 0 bridgehead atoms. The molecule has 0 aliphatic carbocycles. The smallest absolute Gasteiger partial charge is 0.387 e. The third-order valence-electron chi connectivity index (χ3n) is 6.51. The van der Waals surface area contributed by atoms with Crippen molar-refractivity contribution in [1.29, 1.82) is 0 Å². The SMILES string of the molecule is CCCCc1c(-c2ccccc2)nnc(Cl)c1CN(Cc1ccc(OC(F)F)cc1)Cc1ccc(C(=O)O)cc1. The number of hydrogen-bond donors (Lipinski definition) is 1. The maximum Gasteiger partial charge on any atom is 0.387 e. The predicted octanol–water partition coefficient (Wildman–Crippen LogP) is 7.64. The zero-order chi connectivity index (χ0) is 28.5. The fourth-order valence-corrected chi connectivity index (χ4v) is 4.74. The Morgan fingerprint density at radius 2 is 1.52 bits per heavy atom. The van der Waals surface area contributed by atoms with E-state index < -0.39 is 12.6 Å². The Hall–Kier alpha value is -3.88. The van der Waals surface area contributed by atoms with E-state index in [4.69, 9.17) is 11.6 Å². The number of unbranched alkanes of at least 4 members (excludes halogenated alkanes) is 1. The molecule has 208 valence electrons. The van der Waals surface area contributed by atoms with Crippen molar-refractivity contribution in [3.8, 4) is 17.0 Å². The van der Waals surface area contributed by atoms with Gasteiger partial charge >= 0.3 is 12.6 Å². The zero-order valence-electron chi connectivity index (χ0n) is 22.1. The molecule has 0 amide bonds. The molecule has 0 unspecified atom stereocenters. The molecule has 4 aromatic rings. The van der Waals surface area contributed by atoms with Gasteiger partial charge in [-0.15, -0.1) is 10.2 Å². The van der Waals surface area contributed by atoms with Crippen LogP contribution in [-0.4, -0.2) is 32.8 Å². The summed E-state index contributed by atoms with van der Waals surface area (Å²) in [5, 5.41) is 18.4. The number of nitrogens with zero attached hydrogens (tertiary/aromatic N) is 3. The van der Waals surface area contributed by atoms with Crippen LogP contribution in [0.15, 0.2) is 78.9 Å². The van der Waals surface area contributed by atoms with Gasteiger partial charge in [0.1, 0.15) is 5.75 Å². The maximum atomic E-state index is 12.6. The topological polar surface area (TPSA) is 75.5 Å². The van der Waals surface area contributed by atoms with Gasteiger partial charge in [-0.3, -0.25) is 4.90 Å². The number of ether oxygens (including phenoxy) is 1. The molecule has 40 heavy (non-hydrogen) atoms. The lowest BCUT2D eigenvalue weighted by Crippen LogP contribution is -2.24. The lowest BCUT2D eigenvalue weighted by molar-refractivity contribution is -0.0498. The van der Waals surface area contributed by atoms with Crippen molar-refractivity contribution in [3.05, 3.63) is 112 Å². The van der Waals surface area contributed by atoms with Gasteiger partial charge in [0.25, 0.3) is 0 Å². The molecule has 4 rings (SSSR count). The van der Waals surface area contributed by atoms with Crippen molar-refractivity contribution in [2.75, 3.05) is 0 Å². The standard InChI is InChI=1S/C31H30ClF2N3O3/c1-2-3-9-26-27(29(32)36-35-28(26)23-7-5-4-6-8-23)20-37(18-21-10-14-24(15-11-21)30(38)39)19-22-12-16-25(17-13-22)40-31(33)34/h4-8,10-17,31H,2-3,9,18-20H2,1H3,(H,38,39). The van der Waals surface area contributed by atoms with Gasteiger partial charge in [-0.05, 0) is 53.8 Å². The number of halogens is 3. The summed E-state index contributed by atoms with van der Waals surface area (Å²) in [7, 11) is 0. The van der Waals surface area contributed by atoms with Crippen LogP contribution in [0.2, 0.25) is 5.15 Å². The number of carbonyl (C=O) groups is 1. The van der Waals surface area contributed by atoms with Crippen LogP contribution in [-0.2, 0) is 26.1 Å². The summed E-state index contributed by atoms with van der Waals surface area (Å²) in [5.74, 6) is -0.900. The van der Waals surface area contributed by atoms with Crippen LogP contribution in [0.3, 0.4) is 0 Å². The zero-order valence-corrected chi connectivity index (χ0v) is 22.8. The van der Waals surface area contributed by atoms with Gasteiger partial charge in [-0.1, -0.05) is 79.5 Å². The lowest BCUT2D eigenvalue weighted by Gasteiger charge is -2.25. The van der Waals surface area contributed by atoms with Gasteiger partial charge in [0, 0.05) is 30.8 Å². The van der Waals surface area contributed by atoms with E-state index in [1.807, 2.05) is 30.3 Å². The van der Waals surface area contributed by atoms with Crippen LogP contribution < -0.4 is 4.74 Å². The second-order valence-electron chi connectivity index (χ2n) is 9.44. The van der Waals surface area contributed by atoms with Gasteiger partial charge in [-0.25, -0.2) is 4.79 Å². The Balaban J connectivity index is 1.69. The fraction of sp³-hybridized carbons (Fsp3) is 0.258. The van der Waals surface area contributed by atoms with Crippen LogP contribution in [0.5, 0.6) is 5.75 Å². The highest BCUT2D eigenvalue weighted by molar-refractivity contribution is 6.30. The molecule has 0 spiro atoms. The van der Waals surface area contributed by atoms with Crippen LogP contribution in [0.25, 0.3) is 11.3 Å². The second-order valence-corrected chi connectivity index (χ2v) is 9.79. The van der Waals surface area contributed by atoms with Crippen molar-refractivity contribution in [2.24, 2.45) is 0 Å². The number of carboxylic acid groups (broad SMARTS) is 1. The molecule has 0 radical (unpaired) electrons. The van der Waals surface area contributed by atoms with E-state index in [1.165, 1.54) is 12.1 Å². The number of hydrogen-bond acceptors (Lipinski definition) is 5. The Kier molecular flexibility index (Phi) is 10.2. The first-order chi connectivity index (χ1) is 19.3. The first kappa shape index (κ1) is 29.1. The van der Waals surface area contributed by atoms with Gasteiger partial charge in [-0.2, -0.15) is 8.78 Å². The normalized spacial score (nSPS) is 11.2. The molecule has 0 saturated heterocycles. The molecule has 0 atom stereocenters. The van der Waals surface area contributed by atoms with Crippen molar-refractivity contribution < 1.29 is 23.4 Å². The molecule has 0 aliphatic rings. The van der Waals surface area contributed by atoms with Crippen LogP contribution in [0.1, 0.15) is 52.4 Å². The summed E-state index contributed by atoms with van der Waals surface area (Å²) in [6.07, 6.45) is 2.74. The molecule has 1 aromatic heterocycles. The van der Waals surface area contributed by atoms with E-state index in [2.05, 4.69) is 26.8 Å². The highest BCUT2D eigenvalue weighted by atomic mass is 35.5. The fourth-order valence-electron chi connectivity index (χ4n) is 4.53. The average molecular weight is 566 g/mol. The summed E-state index contributed by atoms with van der Waals surface area (Å²) in [4.78, 5) is 13.5. The quantitative estimate of drug-likeness (QED) is 0.179. The van der Waals surface area contributed by atoms with E-state index in [9.17, 15) is 18.7 Å². The lowest BCUT2D eigenvalue weighted by atomic mass is 9.97. The van der Waals surface area contributed by atoms with Crippen molar-refractivity contribution in [3.63, 3.8) is 0 Å². The van der Waals surface area contributed by atoms with Crippen LogP contribution in [0.4, 0.5) is 8.78 Å². The molecule has 0 aliphatic heterocycles. The molecule has 0 fully saturated rings. The number of aromatic nitrogens is 2. The molecule has 1 heterocycles. The first-order valence-electron chi connectivity index (χ1n) is 13.0. The van der Waals surface area contributed by atoms with E-state index >= 15 is 0 Å². The average Bonchev–Trinajstić information content (AvgIpc) is 2.95. The summed E-state index contributed by atoms with van der Waals surface area (Å²) >= 11 is 6.69. The van der Waals surface area contributed by atoms with Gasteiger partial charge < -0.3 is 9.84 Å². The molecule has 9 heteroatoms. The Morgan fingerprint density at radius 3 is 2.10 bits per heavy atom. The minimum atomic E-state index is -2.89. The molecular weight excluding hydrogens is 536 g/mol. The molecule has 3 aromatic carbocycles. The van der Waals surface area contributed by atoms with E-state index in [0.29, 0.717) is 24.8 Å². The highest BCUT2D eigenvalue weighted by Crippen LogP contribution is 2.31. The molecule has 6 nitrogen and oxygen atoms in total. The van der Waals surface area contributed by atoms with Crippen molar-refractivity contribution in [2.45, 2.75) is 52.4 Å². The Bertz CT molecular complexity index is 1400. The minimum Gasteiger partial charge on any atom is -0.478 e. The minimum absolute atomic E-state index is 0.0882. The van der Waals surface area contributed by atoms with E-state index in [-0.39, 0.29) is 11.3 Å². The second kappa shape index (κ2) is 14.0. The van der Waals surface area contributed by atoms with Crippen molar-refractivity contribution in [1.82, 2.24) is 15.1 Å². The maximum absolute atomic E-state index is 12.6. The Morgan fingerprint density at radius 1 is 0.900 bits per heavy atom. The highest BCUT2D eigenvalue weighted by Gasteiger charge is 2.20. The molecule has 0 saturated carbocycles. The summed E-state index contributed by atoms with van der Waals surface area (Å²) in [5.41, 5.74) is 5.70. The van der Waals surface area contributed by atoms with Gasteiger partial charge in [0.05, 0.1) is 11.3 Å². The predicted molar refractivity (Wildman–Crippen MR) is 151 cm³/mol. The number of rotatable bonds is 13. The van der Waals surface area contributed by atoms with Crippen molar-refractivity contribution >= 4 is 17.6 Å². The summed E-state index contributed by atoms with van der Waals surface area (Å²) < 4.78 is 29.7. The first-order valence-corrected chi connectivity index (χ1v) is 13.4. The third-order valence-corrected chi connectivity index (χ3v) is 6.81. The molecular formula is C31H30ClF2N3O3. The largest absolute Gasteiger partial charge is 0.478 e. The van der Waals surface area contributed by atoms with E-state index in [0.717, 1.165) is 52.8 Å². The molecule has 1 N–H and O–H groups in total. The number of benzene rings is 3. The van der Waals surface area contributed by atoms with Gasteiger partial charge in [0.15, 0.2) is 5.15 Å². The van der Waals surface area contributed by atoms with E-state index in [1.54, 1.807) is 36.4 Å². The van der Waals surface area contributed by atoms with Crippen LogP contribution >= 0.6 is 11.6 Å². The summed E-state index contributed by atoms with van der Waals surface area (Å²) in [6, 6.07) is 23.1. The number of carboxylic acids is 1. The monoisotopic (exact) mass is 565 g/mol. The Labute approximate surface area is 237 Å². The number of aromatic carboxylic acids is 1. The summed E-state index contributed by atoms with van der Waals surface area (Å²) in [6.45, 7) is 0.650. The third kappa shape index (κ3) is 7.83. The van der Waals surface area contributed by atoms with Crippen LogP contribution in [0, 0.1) is 0 Å².